The van der Waals surface area contributed by atoms with Gasteiger partial charge >= 0.3 is 0 Å². The van der Waals surface area contributed by atoms with Gasteiger partial charge in [0.2, 0.25) is 10.0 Å². The van der Waals surface area contributed by atoms with Gasteiger partial charge in [-0.15, -0.1) is 5.10 Å². The summed E-state index contributed by atoms with van der Waals surface area (Å²) in [7, 11) is -1.82. The number of aromatic nitrogens is 3. The maximum Gasteiger partial charge on any atom is 0.275 e. The highest BCUT2D eigenvalue weighted by Crippen LogP contribution is 2.33. The maximum atomic E-state index is 13.5. The van der Waals surface area contributed by atoms with Gasteiger partial charge < -0.3 is 19.7 Å². The fourth-order valence-electron chi connectivity index (χ4n) is 4.96. The number of nitrogens with zero attached hydrogens (tertiary/aromatic N) is 5. The Hall–Kier alpha value is -3.24. The molecule has 3 heterocycles. The van der Waals surface area contributed by atoms with E-state index in [0.29, 0.717) is 67.3 Å². The topological polar surface area (TPSA) is 144 Å². The van der Waals surface area contributed by atoms with Crippen LogP contribution in [0.3, 0.4) is 0 Å². The summed E-state index contributed by atoms with van der Waals surface area (Å²) in [6, 6.07) is 6.57. The Morgan fingerprint density at radius 2 is 1.95 bits per heavy atom. The van der Waals surface area contributed by atoms with Crippen molar-refractivity contribution in [1.82, 2.24) is 23.8 Å². The number of hydrogen-bond acceptors (Lipinski definition) is 8. The van der Waals surface area contributed by atoms with Gasteiger partial charge in [-0.3, -0.25) is 4.79 Å². The first kappa shape index (κ1) is 27.8. The van der Waals surface area contributed by atoms with Crippen LogP contribution in [0.15, 0.2) is 27.9 Å². The Labute approximate surface area is 222 Å². The lowest BCUT2D eigenvalue weighted by atomic mass is 10.0. The van der Waals surface area contributed by atoms with Crippen molar-refractivity contribution in [3.05, 3.63) is 45.4 Å². The van der Waals surface area contributed by atoms with E-state index in [9.17, 15) is 18.3 Å². The van der Waals surface area contributed by atoms with Crippen molar-refractivity contribution in [2.24, 2.45) is 0 Å². The van der Waals surface area contributed by atoms with E-state index in [1.807, 2.05) is 27.0 Å². The number of rotatable bonds is 9. The van der Waals surface area contributed by atoms with Gasteiger partial charge in [0, 0.05) is 37.4 Å². The zero-order valence-corrected chi connectivity index (χ0v) is 23.0. The molecule has 1 aliphatic heterocycles. The molecule has 204 valence electrons. The highest BCUT2D eigenvalue weighted by Gasteiger charge is 2.29. The number of nitriles is 1. The van der Waals surface area contributed by atoms with Gasteiger partial charge in [0.1, 0.15) is 11.3 Å². The molecule has 0 amide bonds. The quantitative estimate of drug-likeness (QED) is 0.419. The van der Waals surface area contributed by atoms with E-state index in [2.05, 4.69) is 9.88 Å². The molecule has 11 nitrogen and oxygen atoms in total. The molecule has 1 aliphatic rings. The average Bonchev–Trinajstić information content (AvgIpc) is 3.16. The fourth-order valence-corrected chi connectivity index (χ4v) is 6.41. The number of piperazine rings is 1. The predicted octanol–water partition coefficient (Wildman–Crippen LogP) is 2.23. The third kappa shape index (κ3) is 5.07. The Morgan fingerprint density at radius 3 is 2.58 bits per heavy atom. The van der Waals surface area contributed by atoms with Crippen LogP contribution in [0.4, 0.5) is 0 Å². The van der Waals surface area contributed by atoms with E-state index in [0.717, 1.165) is 6.42 Å². The minimum absolute atomic E-state index is 0.0888. The summed E-state index contributed by atoms with van der Waals surface area (Å²) in [5, 5.41) is 24.5. The van der Waals surface area contributed by atoms with Crippen LogP contribution in [0.25, 0.3) is 16.9 Å². The lowest BCUT2D eigenvalue weighted by Crippen LogP contribution is -2.47. The molecule has 4 rings (SSSR count). The van der Waals surface area contributed by atoms with Crippen molar-refractivity contribution < 1.29 is 18.3 Å². The minimum atomic E-state index is -3.78. The van der Waals surface area contributed by atoms with Gasteiger partial charge in [-0.2, -0.15) is 9.57 Å². The Morgan fingerprint density at radius 1 is 1.24 bits per heavy atom. The SMILES string of the molecule is CCCc1c(C(O)CC#N)c(C)c2c(=O)[nH]c(-c3cc(S(=O)(=O)N4CCN(C)CC4)ccc3OCC)nn12. The number of sulfonamides is 1. The molecule has 12 heteroatoms. The molecule has 1 saturated heterocycles. The van der Waals surface area contributed by atoms with Crippen molar-refractivity contribution in [3.63, 3.8) is 0 Å². The molecule has 0 spiro atoms. The first-order valence-corrected chi connectivity index (χ1v) is 14.2. The number of likely N-dealkylation sites (N-methyl/N-ethyl adjacent to an activating group) is 1. The molecule has 2 aromatic heterocycles. The predicted molar refractivity (Wildman–Crippen MR) is 143 cm³/mol. The van der Waals surface area contributed by atoms with Gasteiger partial charge in [0.05, 0.1) is 35.7 Å². The number of ether oxygens (including phenoxy) is 1. The number of aryl methyl sites for hydroxylation is 2. The van der Waals surface area contributed by atoms with Crippen molar-refractivity contribution in [2.45, 2.75) is 51.0 Å². The number of aromatic amines is 1. The van der Waals surface area contributed by atoms with E-state index in [4.69, 9.17) is 15.1 Å². The summed E-state index contributed by atoms with van der Waals surface area (Å²) in [5.74, 6) is 0.535. The minimum Gasteiger partial charge on any atom is -0.493 e. The molecule has 38 heavy (non-hydrogen) atoms. The largest absolute Gasteiger partial charge is 0.493 e. The lowest BCUT2D eigenvalue weighted by molar-refractivity contribution is 0.181. The lowest BCUT2D eigenvalue weighted by Gasteiger charge is -2.31. The zero-order chi connectivity index (χ0) is 27.6. The third-order valence-electron chi connectivity index (χ3n) is 6.90. The number of aliphatic hydroxyl groups excluding tert-OH is 1. The Kier molecular flexibility index (Phi) is 8.22. The normalized spacial score (nSPS) is 16.0. The molecule has 0 saturated carbocycles. The second-order valence-electron chi connectivity index (χ2n) is 9.47. The number of aliphatic hydroxyl groups is 1. The van der Waals surface area contributed by atoms with Gasteiger partial charge in [-0.05, 0) is 51.1 Å². The Bertz CT molecular complexity index is 1530. The van der Waals surface area contributed by atoms with Crippen LogP contribution < -0.4 is 10.3 Å². The second-order valence-corrected chi connectivity index (χ2v) is 11.4. The van der Waals surface area contributed by atoms with E-state index in [-0.39, 0.29) is 22.7 Å². The maximum absolute atomic E-state index is 13.5. The number of nitrogens with one attached hydrogen (secondary N) is 1. The highest BCUT2D eigenvalue weighted by molar-refractivity contribution is 7.89. The van der Waals surface area contributed by atoms with Gasteiger partial charge in [-0.25, -0.2) is 12.9 Å². The standard InChI is InChI=1S/C26H34N6O5S/c1-5-7-20-23(21(33)10-11-27)17(3)24-26(34)28-25(29-32(20)24)19-16-18(8-9-22(19)37-6-2)38(35,36)31-14-12-30(4)13-15-31/h8-9,16,21,33H,5-7,10,12-15H2,1-4H3,(H,28,29,34). The van der Waals surface area contributed by atoms with Crippen LogP contribution in [0.2, 0.25) is 0 Å². The number of benzene rings is 1. The average molecular weight is 543 g/mol. The molecular weight excluding hydrogens is 508 g/mol. The molecule has 1 unspecified atom stereocenters. The van der Waals surface area contributed by atoms with Crippen LogP contribution in [-0.2, 0) is 16.4 Å². The molecule has 1 atom stereocenters. The number of H-pyrrole nitrogens is 1. The highest BCUT2D eigenvalue weighted by atomic mass is 32.2. The van der Waals surface area contributed by atoms with E-state index < -0.39 is 21.7 Å². The molecule has 0 bridgehead atoms. The molecular formula is C26H34N6O5S. The van der Waals surface area contributed by atoms with Crippen LogP contribution in [-0.4, -0.2) is 77.2 Å². The Balaban J connectivity index is 1.91. The third-order valence-corrected chi connectivity index (χ3v) is 8.79. The number of fused-ring (bicyclic) bond motifs is 1. The molecule has 3 aromatic rings. The summed E-state index contributed by atoms with van der Waals surface area (Å²) < 4.78 is 35.7. The van der Waals surface area contributed by atoms with Gasteiger partial charge in [0.15, 0.2) is 5.82 Å². The summed E-state index contributed by atoms with van der Waals surface area (Å²) in [6.07, 6.45) is 0.0886. The summed E-state index contributed by atoms with van der Waals surface area (Å²) in [5.41, 5.74) is 1.93. The fraction of sp³-hybridized carbons (Fsp3) is 0.500. The zero-order valence-electron chi connectivity index (χ0n) is 22.2. The summed E-state index contributed by atoms with van der Waals surface area (Å²) in [4.78, 5) is 18.3. The van der Waals surface area contributed by atoms with Gasteiger partial charge in [0.25, 0.3) is 5.56 Å². The van der Waals surface area contributed by atoms with E-state index >= 15 is 0 Å². The van der Waals surface area contributed by atoms with Crippen LogP contribution in [0, 0.1) is 18.3 Å². The first-order valence-electron chi connectivity index (χ1n) is 12.8. The van der Waals surface area contributed by atoms with Crippen molar-refractivity contribution in [3.8, 4) is 23.2 Å². The first-order chi connectivity index (χ1) is 18.1. The molecule has 1 fully saturated rings. The van der Waals surface area contributed by atoms with Crippen molar-refractivity contribution in [1.29, 1.82) is 5.26 Å². The molecule has 1 aromatic carbocycles. The van der Waals surface area contributed by atoms with Crippen LogP contribution in [0.5, 0.6) is 5.75 Å². The van der Waals surface area contributed by atoms with Crippen LogP contribution in [0.1, 0.15) is 49.6 Å². The van der Waals surface area contributed by atoms with Crippen LogP contribution >= 0.6 is 0 Å². The molecule has 0 radical (unpaired) electrons. The smallest absolute Gasteiger partial charge is 0.275 e. The number of hydrogen-bond donors (Lipinski definition) is 2. The summed E-state index contributed by atoms with van der Waals surface area (Å²) >= 11 is 0. The second kappa shape index (κ2) is 11.2. The van der Waals surface area contributed by atoms with Crippen molar-refractivity contribution in [2.75, 3.05) is 39.8 Å². The van der Waals surface area contributed by atoms with Gasteiger partial charge in [-0.1, -0.05) is 13.3 Å². The van der Waals surface area contributed by atoms with E-state index in [1.54, 1.807) is 13.0 Å². The summed E-state index contributed by atoms with van der Waals surface area (Å²) in [6.45, 7) is 7.91. The molecule has 2 N–H and O–H groups in total. The monoisotopic (exact) mass is 542 g/mol. The van der Waals surface area contributed by atoms with Crippen molar-refractivity contribution >= 4 is 15.5 Å². The van der Waals surface area contributed by atoms with E-state index in [1.165, 1.54) is 21.0 Å². The molecule has 0 aliphatic carbocycles.